The predicted molar refractivity (Wildman–Crippen MR) is 92.8 cm³/mol. The number of primary amides is 1. The third-order valence-corrected chi connectivity index (χ3v) is 3.33. The van der Waals surface area contributed by atoms with E-state index in [1.165, 1.54) is 19.1 Å². The maximum Gasteiger partial charge on any atom is 0.338 e. The Labute approximate surface area is 145 Å². The maximum atomic E-state index is 12.1. The molecule has 0 radical (unpaired) electrons. The van der Waals surface area contributed by atoms with E-state index in [9.17, 15) is 14.4 Å². The van der Waals surface area contributed by atoms with Crippen LogP contribution >= 0.6 is 0 Å². The Morgan fingerprint density at radius 2 is 1.80 bits per heavy atom. The second kappa shape index (κ2) is 8.49. The summed E-state index contributed by atoms with van der Waals surface area (Å²) in [6, 6.07) is 14.7. The summed E-state index contributed by atoms with van der Waals surface area (Å²) in [5, 5.41) is 5.07. The molecule has 4 N–H and O–H groups in total. The lowest BCUT2D eigenvalue weighted by Crippen LogP contribution is -2.35. The Balaban J connectivity index is 1.90. The molecule has 0 unspecified atom stereocenters. The molecule has 7 heteroatoms. The second-order valence-corrected chi connectivity index (χ2v) is 5.32. The van der Waals surface area contributed by atoms with Gasteiger partial charge in [-0.05, 0) is 30.7 Å². The molecule has 0 bridgehead atoms. The van der Waals surface area contributed by atoms with Gasteiger partial charge in [0.25, 0.3) is 5.91 Å². The molecule has 0 spiro atoms. The number of carbonyl (C=O) groups excluding carboxylic acids is 3. The van der Waals surface area contributed by atoms with Crippen LogP contribution in [0.4, 0.5) is 10.5 Å². The van der Waals surface area contributed by atoms with E-state index >= 15 is 0 Å². The summed E-state index contributed by atoms with van der Waals surface area (Å²) in [5.41, 5.74) is 6.54. The van der Waals surface area contributed by atoms with Crippen LogP contribution in [-0.4, -0.2) is 24.0 Å². The molecule has 7 nitrogen and oxygen atoms in total. The molecule has 0 aromatic heterocycles. The minimum Gasteiger partial charge on any atom is -0.449 e. The second-order valence-electron chi connectivity index (χ2n) is 5.32. The summed E-state index contributed by atoms with van der Waals surface area (Å²) in [7, 11) is 0. The normalized spacial score (nSPS) is 11.2. The molecule has 0 aliphatic heterocycles. The number of hydrogen-bond acceptors (Lipinski definition) is 4. The van der Waals surface area contributed by atoms with E-state index in [-0.39, 0.29) is 5.56 Å². The van der Waals surface area contributed by atoms with Crippen molar-refractivity contribution in [1.29, 1.82) is 0 Å². The fourth-order valence-corrected chi connectivity index (χ4v) is 2.08. The highest BCUT2D eigenvalue weighted by Crippen LogP contribution is 2.12. The molecule has 0 aliphatic carbocycles. The first-order chi connectivity index (χ1) is 12.0. The number of anilines is 1. The topological polar surface area (TPSA) is 111 Å². The molecule has 3 amide bonds. The van der Waals surface area contributed by atoms with Crippen LogP contribution in [0.3, 0.4) is 0 Å². The van der Waals surface area contributed by atoms with Gasteiger partial charge in [-0.15, -0.1) is 0 Å². The van der Waals surface area contributed by atoms with Crippen LogP contribution < -0.4 is 16.4 Å². The highest BCUT2D eigenvalue weighted by molar-refractivity contribution is 5.94. The summed E-state index contributed by atoms with van der Waals surface area (Å²) < 4.78 is 5.15. The quantitative estimate of drug-likeness (QED) is 0.698. The zero-order valence-electron chi connectivity index (χ0n) is 13.7. The van der Waals surface area contributed by atoms with Crippen molar-refractivity contribution in [3.8, 4) is 0 Å². The van der Waals surface area contributed by atoms with Crippen LogP contribution in [0, 0.1) is 0 Å². The molecule has 0 fully saturated rings. The first-order valence-corrected chi connectivity index (χ1v) is 7.65. The number of esters is 1. The SMILES string of the molecule is C[C@H](OC(=O)c1cccc(NC(N)=O)c1)C(=O)NCc1ccccc1. The Morgan fingerprint density at radius 3 is 2.48 bits per heavy atom. The number of benzene rings is 2. The highest BCUT2D eigenvalue weighted by atomic mass is 16.5. The summed E-state index contributed by atoms with van der Waals surface area (Å²) >= 11 is 0. The number of rotatable bonds is 6. The fraction of sp³-hybridized carbons (Fsp3) is 0.167. The lowest BCUT2D eigenvalue weighted by Gasteiger charge is -2.14. The number of hydrogen-bond donors (Lipinski definition) is 3. The molecule has 1 atom stereocenters. The maximum absolute atomic E-state index is 12.1. The van der Waals surface area contributed by atoms with Crippen molar-refractivity contribution in [2.75, 3.05) is 5.32 Å². The largest absolute Gasteiger partial charge is 0.449 e. The number of amides is 3. The number of carbonyl (C=O) groups is 3. The third kappa shape index (κ3) is 5.65. The summed E-state index contributed by atoms with van der Waals surface area (Å²) in [6.07, 6.45) is -0.955. The van der Waals surface area contributed by atoms with Crippen molar-refractivity contribution in [3.63, 3.8) is 0 Å². The van der Waals surface area contributed by atoms with E-state index in [1.54, 1.807) is 12.1 Å². The van der Waals surface area contributed by atoms with Gasteiger partial charge in [-0.1, -0.05) is 36.4 Å². The van der Waals surface area contributed by atoms with Crippen LogP contribution in [0.1, 0.15) is 22.8 Å². The lowest BCUT2D eigenvalue weighted by atomic mass is 10.2. The van der Waals surface area contributed by atoms with Crippen molar-refractivity contribution >= 4 is 23.6 Å². The molecule has 2 aromatic rings. The van der Waals surface area contributed by atoms with Crippen molar-refractivity contribution in [2.24, 2.45) is 5.73 Å². The van der Waals surface area contributed by atoms with Gasteiger partial charge < -0.3 is 21.1 Å². The van der Waals surface area contributed by atoms with E-state index in [2.05, 4.69) is 10.6 Å². The Morgan fingerprint density at radius 1 is 1.08 bits per heavy atom. The van der Waals surface area contributed by atoms with Gasteiger partial charge in [0.15, 0.2) is 6.10 Å². The standard InChI is InChI=1S/C18H19N3O4/c1-12(16(22)20-11-13-6-3-2-4-7-13)25-17(23)14-8-5-9-15(10-14)21-18(19)24/h2-10,12H,11H2,1H3,(H,20,22)(H3,19,21,24)/t12-/m0/s1. The summed E-state index contributed by atoms with van der Waals surface area (Å²) in [5.74, 6) is -1.07. The Bertz CT molecular complexity index is 762. The van der Waals surface area contributed by atoms with Gasteiger partial charge in [-0.25, -0.2) is 9.59 Å². The molecular weight excluding hydrogens is 322 g/mol. The smallest absolute Gasteiger partial charge is 0.338 e. The third-order valence-electron chi connectivity index (χ3n) is 3.33. The molecular formula is C18H19N3O4. The van der Waals surface area contributed by atoms with E-state index in [0.717, 1.165) is 5.56 Å². The van der Waals surface area contributed by atoms with Gasteiger partial charge in [0.1, 0.15) is 0 Å². The lowest BCUT2D eigenvalue weighted by molar-refractivity contribution is -0.129. The minimum atomic E-state index is -0.955. The van der Waals surface area contributed by atoms with Gasteiger partial charge >= 0.3 is 12.0 Å². The van der Waals surface area contributed by atoms with Gasteiger partial charge in [-0.2, -0.15) is 0 Å². The van der Waals surface area contributed by atoms with E-state index < -0.39 is 24.0 Å². The van der Waals surface area contributed by atoms with Gasteiger partial charge in [0.05, 0.1) is 5.56 Å². The molecule has 0 saturated heterocycles. The molecule has 2 rings (SSSR count). The van der Waals surface area contributed by atoms with Crippen molar-refractivity contribution in [3.05, 3.63) is 65.7 Å². The first-order valence-electron chi connectivity index (χ1n) is 7.65. The number of ether oxygens (including phenoxy) is 1. The highest BCUT2D eigenvalue weighted by Gasteiger charge is 2.19. The molecule has 25 heavy (non-hydrogen) atoms. The van der Waals surface area contributed by atoms with Crippen LogP contribution in [0.15, 0.2) is 54.6 Å². The van der Waals surface area contributed by atoms with Gasteiger partial charge in [0.2, 0.25) is 0 Å². The van der Waals surface area contributed by atoms with Crippen LogP contribution in [0.2, 0.25) is 0 Å². The monoisotopic (exact) mass is 341 g/mol. The Hall–Kier alpha value is -3.35. The Kier molecular flexibility index (Phi) is 6.11. The average Bonchev–Trinajstić information content (AvgIpc) is 2.60. The van der Waals surface area contributed by atoms with E-state index in [4.69, 9.17) is 10.5 Å². The summed E-state index contributed by atoms with van der Waals surface area (Å²) in [6.45, 7) is 1.84. The zero-order chi connectivity index (χ0) is 18.2. The minimum absolute atomic E-state index is 0.203. The first kappa shape index (κ1) is 18.0. The van der Waals surface area contributed by atoms with E-state index in [0.29, 0.717) is 12.2 Å². The molecule has 0 aliphatic rings. The number of nitrogens with two attached hydrogens (primary N) is 1. The number of urea groups is 1. The van der Waals surface area contributed by atoms with Gasteiger partial charge in [0, 0.05) is 12.2 Å². The van der Waals surface area contributed by atoms with E-state index in [1.807, 2.05) is 30.3 Å². The summed E-state index contributed by atoms with van der Waals surface area (Å²) in [4.78, 5) is 35.0. The average molecular weight is 341 g/mol. The molecule has 0 saturated carbocycles. The van der Waals surface area contributed by atoms with Crippen LogP contribution in [-0.2, 0) is 16.1 Å². The van der Waals surface area contributed by atoms with Crippen molar-refractivity contribution in [1.82, 2.24) is 5.32 Å². The fourth-order valence-electron chi connectivity index (χ4n) is 2.08. The van der Waals surface area contributed by atoms with Crippen LogP contribution in [0.25, 0.3) is 0 Å². The van der Waals surface area contributed by atoms with Crippen molar-refractivity contribution < 1.29 is 19.1 Å². The molecule has 0 heterocycles. The molecule has 2 aromatic carbocycles. The van der Waals surface area contributed by atoms with Crippen LogP contribution in [0.5, 0.6) is 0 Å². The number of nitrogens with one attached hydrogen (secondary N) is 2. The van der Waals surface area contributed by atoms with Gasteiger partial charge in [-0.3, -0.25) is 4.79 Å². The van der Waals surface area contributed by atoms with Crippen molar-refractivity contribution in [2.45, 2.75) is 19.6 Å². The zero-order valence-corrected chi connectivity index (χ0v) is 13.7. The predicted octanol–water partition coefficient (Wildman–Crippen LogP) is 2.04. The molecule has 130 valence electrons.